The van der Waals surface area contributed by atoms with Gasteiger partial charge in [-0.1, -0.05) is 58.5 Å². The minimum Gasteiger partial charge on any atom is -0.493 e. The Labute approximate surface area is 232 Å². The summed E-state index contributed by atoms with van der Waals surface area (Å²) in [4.78, 5) is 39.2. The number of barbiturate groups is 1. The molecule has 1 N–H and O–H groups in total. The second kappa shape index (κ2) is 11.0. The zero-order valence-corrected chi connectivity index (χ0v) is 22.4. The van der Waals surface area contributed by atoms with Crippen LogP contribution in [0, 0.1) is 6.92 Å². The Bertz CT molecular complexity index is 1470. The van der Waals surface area contributed by atoms with Crippen molar-refractivity contribution in [3.8, 4) is 11.5 Å². The van der Waals surface area contributed by atoms with Crippen LogP contribution in [0.3, 0.4) is 0 Å². The highest BCUT2D eigenvalue weighted by Crippen LogP contribution is 2.38. The third kappa shape index (κ3) is 5.55. The van der Waals surface area contributed by atoms with Crippen molar-refractivity contribution in [2.24, 2.45) is 0 Å². The summed E-state index contributed by atoms with van der Waals surface area (Å²) in [6.45, 7) is 1.75. The maximum atomic E-state index is 13.3. The molecule has 0 spiro atoms. The molecule has 1 saturated heterocycles. The lowest BCUT2D eigenvalue weighted by Crippen LogP contribution is -2.54. The second-order valence-corrected chi connectivity index (χ2v) is 9.56. The number of carbonyl (C=O) groups excluding carboxylic acids is 3. The van der Waals surface area contributed by atoms with Gasteiger partial charge in [-0.2, -0.15) is 0 Å². The molecule has 190 valence electrons. The number of amides is 4. The number of anilines is 1. The van der Waals surface area contributed by atoms with Crippen molar-refractivity contribution in [3.05, 3.63) is 90.9 Å². The average Bonchev–Trinajstić information content (AvgIpc) is 2.84. The minimum atomic E-state index is -0.877. The van der Waals surface area contributed by atoms with Crippen LogP contribution in [0.15, 0.2) is 54.1 Å². The molecule has 4 amide bonds. The van der Waals surface area contributed by atoms with E-state index in [2.05, 4.69) is 5.32 Å². The van der Waals surface area contributed by atoms with Crippen LogP contribution in [-0.2, 0) is 16.2 Å². The molecule has 0 saturated carbocycles. The predicted octanol–water partition coefficient (Wildman–Crippen LogP) is 6.86. The summed E-state index contributed by atoms with van der Waals surface area (Å²) in [5.74, 6) is -1.17. The van der Waals surface area contributed by atoms with E-state index in [4.69, 9.17) is 55.9 Å². The first kappa shape index (κ1) is 26.8. The summed E-state index contributed by atoms with van der Waals surface area (Å²) >= 11 is 24.8. The molecule has 0 atom stereocenters. The number of benzene rings is 3. The van der Waals surface area contributed by atoms with E-state index < -0.39 is 17.8 Å². The van der Waals surface area contributed by atoms with Gasteiger partial charge in [-0.05, 0) is 60.5 Å². The highest BCUT2D eigenvalue weighted by atomic mass is 35.5. The van der Waals surface area contributed by atoms with Crippen LogP contribution < -0.4 is 19.7 Å². The first-order valence-electron chi connectivity index (χ1n) is 10.7. The van der Waals surface area contributed by atoms with E-state index in [1.54, 1.807) is 49.4 Å². The second-order valence-electron chi connectivity index (χ2n) is 7.90. The topological polar surface area (TPSA) is 84.9 Å². The van der Waals surface area contributed by atoms with Crippen molar-refractivity contribution in [3.63, 3.8) is 0 Å². The van der Waals surface area contributed by atoms with E-state index in [-0.39, 0.29) is 34.4 Å². The Kier molecular flexibility index (Phi) is 7.99. The smallest absolute Gasteiger partial charge is 0.335 e. The number of nitrogens with one attached hydrogen (secondary N) is 1. The monoisotopic (exact) mass is 578 g/mol. The van der Waals surface area contributed by atoms with E-state index in [0.717, 1.165) is 4.90 Å². The molecule has 37 heavy (non-hydrogen) atoms. The maximum absolute atomic E-state index is 13.3. The molecule has 0 unspecified atom stereocenters. The van der Waals surface area contributed by atoms with Crippen molar-refractivity contribution in [2.75, 3.05) is 12.0 Å². The van der Waals surface area contributed by atoms with Gasteiger partial charge in [0.05, 0.1) is 17.8 Å². The average molecular weight is 580 g/mol. The van der Waals surface area contributed by atoms with Gasteiger partial charge in [0.15, 0.2) is 11.5 Å². The Hall–Kier alpha value is -3.23. The molecule has 3 aromatic carbocycles. The molecule has 0 aliphatic carbocycles. The third-order valence-electron chi connectivity index (χ3n) is 5.53. The van der Waals surface area contributed by atoms with Crippen LogP contribution >= 0.6 is 46.4 Å². The Morgan fingerprint density at radius 3 is 2.41 bits per heavy atom. The standard InChI is InChI=1S/C26H18Cl4N2O5/c1-13-18(28)4-3-5-21(13)32-25(34)17(24(33)31-26(32)35)8-14-9-20(30)23(22(10-14)36-2)37-12-15-6-7-16(27)11-19(15)29/h3-11H,12H2,1-2H3,(H,31,33,35)/b17-8+. The van der Waals surface area contributed by atoms with Gasteiger partial charge in [-0.15, -0.1) is 0 Å². The lowest BCUT2D eigenvalue weighted by molar-refractivity contribution is -0.122. The van der Waals surface area contributed by atoms with Gasteiger partial charge in [0.25, 0.3) is 11.8 Å². The Balaban J connectivity index is 1.66. The van der Waals surface area contributed by atoms with Crippen molar-refractivity contribution >= 4 is 76.0 Å². The molecule has 1 aliphatic heterocycles. The lowest BCUT2D eigenvalue weighted by Gasteiger charge is -2.27. The highest BCUT2D eigenvalue weighted by Gasteiger charge is 2.37. The van der Waals surface area contributed by atoms with Crippen LogP contribution in [0.4, 0.5) is 10.5 Å². The third-order valence-corrected chi connectivity index (χ3v) is 6.81. The fourth-order valence-corrected chi connectivity index (χ4v) is 4.54. The number of methoxy groups -OCH3 is 1. The van der Waals surface area contributed by atoms with Crippen molar-refractivity contribution < 1.29 is 23.9 Å². The van der Waals surface area contributed by atoms with Crippen LogP contribution in [0.1, 0.15) is 16.7 Å². The molecule has 1 heterocycles. The molecule has 0 radical (unpaired) electrons. The van der Waals surface area contributed by atoms with E-state index in [1.165, 1.54) is 19.3 Å². The van der Waals surface area contributed by atoms with E-state index in [0.29, 0.717) is 31.8 Å². The molecule has 0 aromatic heterocycles. The predicted molar refractivity (Wildman–Crippen MR) is 144 cm³/mol. The quantitative estimate of drug-likeness (QED) is 0.255. The van der Waals surface area contributed by atoms with Crippen molar-refractivity contribution in [2.45, 2.75) is 13.5 Å². The number of hydrogen-bond donors (Lipinski definition) is 1. The number of halogens is 4. The first-order valence-corrected chi connectivity index (χ1v) is 12.2. The van der Waals surface area contributed by atoms with E-state index >= 15 is 0 Å². The van der Waals surface area contributed by atoms with Crippen molar-refractivity contribution in [1.29, 1.82) is 0 Å². The van der Waals surface area contributed by atoms with Crippen LogP contribution in [0.2, 0.25) is 20.1 Å². The molecule has 1 aliphatic rings. The highest BCUT2D eigenvalue weighted by molar-refractivity contribution is 6.40. The van der Waals surface area contributed by atoms with Gasteiger partial charge < -0.3 is 9.47 Å². The summed E-state index contributed by atoms with van der Waals surface area (Å²) in [7, 11) is 1.42. The Morgan fingerprint density at radius 2 is 1.70 bits per heavy atom. The number of imide groups is 2. The summed E-state index contributed by atoms with van der Waals surface area (Å²) in [5.41, 5.74) is 1.54. The summed E-state index contributed by atoms with van der Waals surface area (Å²) < 4.78 is 11.3. The molecular weight excluding hydrogens is 562 g/mol. The normalized spacial score (nSPS) is 14.7. The lowest BCUT2D eigenvalue weighted by atomic mass is 10.1. The zero-order chi connectivity index (χ0) is 26.9. The van der Waals surface area contributed by atoms with Gasteiger partial charge in [-0.3, -0.25) is 14.9 Å². The molecule has 7 nitrogen and oxygen atoms in total. The SMILES string of the molecule is COc1cc(/C=C2\C(=O)NC(=O)N(c3cccc(Cl)c3C)C2=O)cc(Cl)c1OCc1ccc(Cl)cc1Cl. The van der Waals surface area contributed by atoms with Gasteiger partial charge in [0.2, 0.25) is 0 Å². The largest absolute Gasteiger partial charge is 0.493 e. The van der Waals surface area contributed by atoms with Crippen molar-refractivity contribution in [1.82, 2.24) is 5.32 Å². The van der Waals surface area contributed by atoms with Gasteiger partial charge >= 0.3 is 6.03 Å². The van der Waals surface area contributed by atoms with E-state index in [9.17, 15) is 14.4 Å². The van der Waals surface area contributed by atoms with Gasteiger partial charge in [0, 0.05) is 20.6 Å². The fourth-order valence-electron chi connectivity index (χ4n) is 3.63. The number of hydrogen-bond acceptors (Lipinski definition) is 5. The number of carbonyl (C=O) groups is 3. The number of urea groups is 1. The molecule has 1 fully saturated rings. The Morgan fingerprint density at radius 1 is 0.946 bits per heavy atom. The van der Waals surface area contributed by atoms with E-state index in [1.807, 2.05) is 0 Å². The molecule has 0 bridgehead atoms. The molecule has 3 aromatic rings. The van der Waals surface area contributed by atoms with Gasteiger partial charge in [0.1, 0.15) is 12.2 Å². The minimum absolute atomic E-state index is 0.0868. The summed E-state index contributed by atoms with van der Waals surface area (Å²) in [6, 6.07) is 12.0. The summed E-state index contributed by atoms with van der Waals surface area (Å²) in [6.07, 6.45) is 1.31. The van der Waals surface area contributed by atoms with Crippen LogP contribution in [-0.4, -0.2) is 25.0 Å². The van der Waals surface area contributed by atoms with Crippen LogP contribution in [0.25, 0.3) is 6.08 Å². The first-order chi connectivity index (χ1) is 17.6. The fraction of sp³-hybridized carbons (Fsp3) is 0.115. The molecular formula is C26H18Cl4N2O5. The van der Waals surface area contributed by atoms with Gasteiger partial charge in [-0.25, -0.2) is 9.69 Å². The summed E-state index contributed by atoms with van der Waals surface area (Å²) in [5, 5.41) is 3.64. The van der Waals surface area contributed by atoms with Crippen LogP contribution in [0.5, 0.6) is 11.5 Å². The molecule has 4 rings (SSSR count). The number of rotatable bonds is 6. The number of nitrogens with zero attached hydrogens (tertiary/aromatic N) is 1. The zero-order valence-electron chi connectivity index (χ0n) is 19.4. The maximum Gasteiger partial charge on any atom is 0.335 e. The molecule has 11 heteroatoms. The number of ether oxygens (including phenoxy) is 2.